The van der Waals surface area contributed by atoms with Gasteiger partial charge in [0.25, 0.3) is 0 Å². The van der Waals surface area contributed by atoms with Gasteiger partial charge in [-0.25, -0.2) is 18.2 Å². The normalized spacial score (nSPS) is 16.1. The number of fused-ring (bicyclic) bond motifs is 1. The van der Waals surface area contributed by atoms with Crippen LogP contribution in [0, 0.1) is 6.92 Å². The van der Waals surface area contributed by atoms with Gasteiger partial charge in [-0.2, -0.15) is 4.31 Å². The summed E-state index contributed by atoms with van der Waals surface area (Å²) < 4.78 is 38.8. The average Bonchev–Trinajstić information content (AvgIpc) is 2.65. The largest absolute Gasteiger partial charge is 0.481 e. The molecule has 1 fully saturated rings. The highest BCUT2D eigenvalue weighted by Crippen LogP contribution is 2.31. The van der Waals surface area contributed by atoms with Crippen LogP contribution in [0.25, 0.3) is 10.8 Å². The molecular weight excluding hydrogens is 394 g/mol. The lowest BCUT2D eigenvalue weighted by Gasteiger charge is -2.35. The number of hydrogen-bond acceptors (Lipinski definition) is 6. The summed E-state index contributed by atoms with van der Waals surface area (Å²) in [5, 5.41) is 1.22. The Hall–Kier alpha value is -2.39. The van der Waals surface area contributed by atoms with Crippen molar-refractivity contribution < 1.29 is 22.7 Å². The second-order valence-corrected chi connectivity index (χ2v) is 9.90. The zero-order valence-electron chi connectivity index (χ0n) is 17.4. The first-order chi connectivity index (χ1) is 13.5. The van der Waals surface area contributed by atoms with Crippen LogP contribution in [0.4, 0.5) is 4.79 Å². The predicted octanol–water partition coefficient (Wildman–Crippen LogP) is 2.79. The number of nitrogens with zero attached hydrogens (tertiary/aromatic N) is 3. The molecule has 1 amide bonds. The van der Waals surface area contributed by atoms with E-state index < -0.39 is 21.7 Å². The molecule has 1 aromatic carbocycles. The monoisotopic (exact) mass is 421 g/mol. The highest BCUT2D eigenvalue weighted by molar-refractivity contribution is 7.89. The molecular formula is C20H27N3O5S. The Balaban J connectivity index is 1.86. The molecule has 0 aliphatic carbocycles. The molecule has 0 spiro atoms. The van der Waals surface area contributed by atoms with Crippen LogP contribution in [0.5, 0.6) is 5.88 Å². The van der Waals surface area contributed by atoms with E-state index in [2.05, 4.69) is 4.98 Å². The Morgan fingerprint density at radius 3 is 2.34 bits per heavy atom. The van der Waals surface area contributed by atoms with Gasteiger partial charge in [0.1, 0.15) is 5.60 Å². The van der Waals surface area contributed by atoms with E-state index in [-0.39, 0.29) is 31.1 Å². The maximum absolute atomic E-state index is 13.3. The van der Waals surface area contributed by atoms with E-state index >= 15 is 0 Å². The average molecular weight is 422 g/mol. The van der Waals surface area contributed by atoms with Gasteiger partial charge in [-0.1, -0.05) is 6.07 Å². The zero-order chi connectivity index (χ0) is 21.4. The molecule has 1 aliphatic rings. The van der Waals surface area contributed by atoms with Gasteiger partial charge in [0.15, 0.2) is 0 Å². The number of benzene rings is 1. The molecule has 29 heavy (non-hydrogen) atoms. The lowest BCUT2D eigenvalue weighted by Crippen LogP contribution is -2.51. The van der Waals surface area contributed by atoms with E-state index in [1.807, 2.05) is 0 Å². The van der Waals surface area contributed by atoms with Gasteiger partial charge in [-0.3, -0.25) is 0 Å². The summed E-state index contributed by atoms with van der Waals surface area (Å²) >= 11 is 0. The van der Waals surface area contributed by atoms with Crippen LogP contribution in [0.1, 0.15) is 26.5 Å². The zero-order valence-corrected chi connectivity index (χ0v) is 18.2. The number of carbonyl (C=O) groups excluding carboxylic acids is 1. The topological polar surface area (TPSA) is 89.0 Å². The third-order valence-corrected chi connectivity index (χ3v) is 6.59. The Labute approximate surface area is 171 Å². The summed E-state index contributed by atoms with van der Waals surface area (Å²) in [7, 11) is -2.23. The fourth-order valence-corrected chi connectivity index (χ4v) is 4.92. The first kappa shape index (κ1) is 21.3. The summed E-state index contributed by atoms with van der Waals surface area (Å²) in [6, 6.07) is 6.82. The van der Waals surface area contributed by atoms with Crippen molar-refractivity contribution in [2.24, 2.45) is 0 Å². The SMILES string of the molecule is COc1nc(C)cc2c(S(=O)(=O)N3CCN(C(=O)OC(C)(C)C)CC3)cccc12. The number of aryl methyl sites for hydroxylation is 1. The fraction of sp³-hybridized carbons (Fsp3) is 0.500. The van der Waals surface area contributed by atoms with Gasteiger partial charge in [0, 0.05) is 42.6 Å². The highest BCUT2D eigenvalue weighted by atomic mass is 32.2. The van der Waals surface area contributed by atoms with Crippen molar-refractivity contribution in [2.75, 3.05) is 33.3 Å². The number of sulfonamides is 1. The molecule has 1 aliphatic heterocycles. The van der Waals surface area contributed by atoms with Gasteiger partial charge in [0.2, 0.25) is 15.9 Å². The van der Waals surface area contributed by atoms with Crippen LogP contribution in [0.15, 0.2) is 29.2 Å². The quantitative estimate of drug-likeness (QED) is 0.757. The number of carbonyl (C=O) groups is 1. The van der Waals surface area contributed by atoms with Crippen molar-refractivity contribution in [3.05, 3.63) is 30.0 Å². The molecule has 0 saturated carbocycles. The van der Waals surface area contributed by atoms with Crippen molar-refractivity contribution in [3.8, 4) is 5.88 Å². The summed E-state index contributed by atoms with van der Waals surface area (Å²) in [5.41, 5.74) is 0.0838. The second-order valence-electron chi connectivity index (χ2n) is 8.00. The number of pyridine rings is 1. The number of rotatable bonds is 3. The van der Waals surface area contributed by atoms with Crippen molar-refractivity contribution in [3.63, 3.8) is 0 Å². The maximum atomic E-state index is 13.3. The van der Waals surface area contributed by atoms with E-state index in [9.17, 15) is 13.2 Å². The van der Waals surface area contributed by atoms with Crippen molar-refractivity contribution in [1.29, 1.82) is 0 Å². The molecule has 1 saturated heterocycles. The van der Waals surface area contributed by atoms with Crippen LogP contribution in [0.2, 0.25) is 0 Å². The number of aromatic nitrogens is 1. The van der Waals surface area contributed by atoms with Crippen LogP contribution in [-0.4, -0.2) is 67.6 Å². The highest BCUT2D eigenvalue weighted by Gasteiger charge is 2.33. The lowest BCUT2D eigenvalue weighted by molar-refractivity contribution is 0.0192. The molecule has 158 valence electrons. The van der Waals surface area contributed by atoms with Gasteiger partial charge >= 0.3 is 6.09 Å². The third kappa shape index (κ3) is 4.45. The molecule has 0 bridgehead atoms. The lowest BCUT2D eigenvalue weighted by atomic mass is 10.1. The van der Waals surface area contributed by atoms with Crippen LogP contribution < -0.4 is 4.74 Å². The molecule has 8 nitrogen and oxygen atoms in total. The van der Waals surface area contributed by atoms with E-state index in [0.717, 1.165) is 0 Å². The maximum Gasteiger partial charge on any atom is 0.410 e. The first-order valence-electron chi connectivity index (χ1n) is 9.45. The Morgan fingerprint density at radius 2 is 1.76 bits per heavy atom. The molecule has 2 aromatic rings. The second kappa shape index (κ2) is 7.79. The van der Waals surface area contributed by atoms with Gasteiger partial charge in [-0.15, -0.1) is 0 Å². The predicted molar refractivity (Wildman–Crippen MR) is 110 cm³/mol. The number of amides is 1. The summed E-state index contributed by atoms with van der Waals surface area (Å²) in [4.78, 5) is 18.3. The Morgan fingerprint density at radius 1 is 1.10 bits per heavy atom. The molecule has 3 rings (SSSR count). The van der Waals surface area contributed by atoms with Crippen LogP contribution in [0.3, 0.4) is 0 Å². The van der Waals surface area contributed by atoms with E-state index in [4.69, 9.17) is 9.47 Å². The van der Waals surface area contributed by atoms with Gasteiger partial charge in [-0.05, 0) is 45.9 Å². The minimum atomic E-state index is -3.74. The summed E-state index contributed by atoms with van der Waals surface area (Å²) in [6.45, 7) is 8.18. The van der Waals surface area contributed by atoms with Crippen molar-refractivity contribution in [1.82, 2.24) is 14.2 Å². The molecule has 0 radical (unpaired) electrons. The van der Waals surface area contributed by atoms with E-state index in [0.29, 0.717) is 22.3 Å². The summed E-state index contributed by atoms with van der Waals surface area (Å²) in [5.74, 6) is 0.395. The van der Waals surface area contributed by atoms with Gasteiger partial charge < -0.3 is 14.4 Å². The minimum absolute atomic E-state index is 0.208. The smallest absolute Gasteiger partial charge is 0.410 e. The standard InChI is InChI=1S/C20H27N3O5S/c1-14-13-16-15(18(21-14)27-5)7-6-8-17(16)29(25,26)23-11-9-22(10-12-23)19(24)28-20(2,3)4/h6-8,13H,9-12H2,1-5H3. The minimum Gasteiger partial charge on any atom is -0.481 e. The Kier molecular flexibility index (Phi) is 5.73. The van der Waals surface area contributed by atoms with Gasteiger partial charge in [0.05, 0.1) is 12.0 Å². The fourth-order valence-electron chi connectivity index (χ4n) is 3.30. The number of hydrogen-bond donors (Lipinski definition) is 0. The molecule has 2 heterocycles. The first-order valence-corrected chi connectivity index (χ1v) is 10.9. The number of ether oxygens (including phenoxy) is 2. The summed E-state index contributed by atoms with van der Waals surface area (Å²) in [6.07, 6.45) is -0.425. The van der Waals surface area contributed by atoms with E-state index in [1.165, 1.54) is 16.3 Å². The Bertz CT molecular complexity index is 1020. The third-order valence-electron chi connectivity index (χ3n) is 4.63. The molecule has 1 aromatic heterocycles. The molecule has 9 heteroatoms. The number of piperazine rings is 1. The van der Waals surface area contributed by atoms with Crippen molar-refractivity contribution >= 4 is 26.9 Å². The number of methoxy groups -OCH3 is 1. The molecule has 0 unspecified atom stereocenters. The molecule has 0 atom stereocenters. The van der Waals surface area contributed by atoms with Crippen molar-refractivity contribution in [2.45, 2.75) is 38.2 Å². The van der Waals surface area contributed by atoms with E-state index in [1.54, 1.807) is 52.0 Å². The molecule has 0 N–H and O–H groups in total. The van der Waals surface area contributed by atoms with Crippen LogP contribution >= 0.6 is 0 Å². The van der Waals surface area contributed by atoms with Crippen LogP contribution in [-0.2, 0) is 14.8 Å².